The standard InChI is InChI=1S/C11H7BrF4N2S/c12-7-2-1-5(13)3-6(7)9(17)8-4-18-10(19-8)11(14,15)16/h1-4,9H,17H2. The van der Waals surface area contributed by atoms with Crippen LogP contribution in [0.4, 0.5) is 17.6 Å². The van der Waals surface area contributed by atoms with Crippen LogP contribution in [-0.4, -0.2) is 4.98 Å². The van der Waals surface area contributed by atoms with E-state index in [-0.39, 0.29) is 4.88 Å². The summed E-state index contributed by atoms with van der Waals surface area (Å²) in [5.74, 6) is -0.505. The minimum absolute atomic E-state index is 0.221. The van der Waals surface area contributed by atoms with Crippen molar-refractivity contribution in [1.29, 1.82) is 0 Å². The summed E-state index contributed by atoms with van der Waals surface area (Å²) in [6, 6.07) is 3.00. The Morgan fingerprint density at radius 3 is 2.58 bits per heavy atom. The van der Waals surface area contributed by atoms with E-state index in [2.05, 4.69) is 20.9 Å². The summed E-state index contributed by atoms with van der Waals surface area (Å²) in [6.45, 7) is 0. The number of nitrogens with zero attached hydrogens (tertiary/aromatic N) is 1. The molecule has 0 aliphatic carbocycles. The first kappa shape index (κ1) is 14.4. The average molecular weight is 355 g/mol. The van der Waals surface area contributed by atoms with E-state index in [0.717, 1.165) is 6.20 Å². The van der Waals surface area contributed by atoms with Crippen molar-refractivity contribution in [2.45, 2.75) is 12.2 Å². The van der Waals surface area contributed by atoms with Crippen LogP contribution in [0.3, 0.4) is 0 Å². The third kappa shape index (κ3) is 3.13. The quantitative estimate of drug-likeness (QED) is 0.824. The summed E-state index contributed by atoms with van der Waals surface area (Å²) >= 11 is 3.64. The van der Waals surface area contributed by atoms with Crippen molar-refractivity contribution in [1.82, 2.24) is 4.98 Å². The molecule has 2 aromatic rings. The lowest BCUT2D eigenvalue weighted by Gasteiger charge is -2.11. The van der Waals surface area contributed by atoms with Gasteiger partial charge in [-0.05, 0) is 23.8 Å². The van der Waals surface area contributed by atoms with E-state index in [1.54, 1.807) is 0 Å². The molecular formula is C11H7BrF4N2S. The van der Waals surface area contributed by atoms with Gasteiger partial charge >= 0.3 is 6.18 Å². The average Bonchev–Trinajstić information content (AvgIpc) is 2.80. The number of benzene rings is 1. The fourth-order valence-electron chi connectivity index (χ4n) is 1.47. The zero-order valence-electron chi connectivity index (χ0n) is 9.21. The van der Waals surface area contributed by atoms with Crippen molar-refractivity contribution >= 4 is 27.3 Å². The number of hydrogen-bond donors (Lipinski definition) is 1. The molecule has 0 saturated heterocycles. The monoisotopic (exact) mass is 354 g/mol. The van der Waals surface area contributed by atoms with E-state index in [9.17, 15) is 17.6 Å². The Labute approximate surface area is 118 Å². The minimum atomic E-state index is -4.50. The van der Waals surface area contributed by atoms with Gasteiger partial charge < -0.3 is 5.73 Å². The van der Waals surface area contributed by atoms with Gasteiger partial charge in [-0.2, -0.15) is 13.2 Å². The molecule has 2 nitrogen and oxygen atoms in total. The van der Waals surface area contributed by atoms with E-state index in [1.165, 1.54) is 18.2 Å². The van der Waals surface area contributed by atoms with Gasteiger partial charge in [-0.15, -0.1) is 11.3 Å². The highest BCUT2D eigenvalue weighted by Crippen LogP contribution is 2.36. The lowest BCUT2D eigenvalue weighted by molar-refractivity contribution is -0.137. The smallest absolute Gasteiger partial charge is 0.320 e. The van der Waals surface area contributed by atoms with Crippen LogP contribution in [0.5, 0.6) is 0 Å². The van der Waals surface area contributed by atoms with Crippen LogP contribution >= 0.6 is 27.3 Å². The molecule has 1 aromatic carbocycles. The zero-order valence-corrected chi connectivity index (χ0v) is 11.6. The van der Waals surface area contributed by atoms with Crippen molar-refractivity contribution in [2.24, 2.45) is 5.73 Å². The van der Waals surface area contributed by atoms with Gasteiger partial charge in [0.15, 0.2) is 5.01 Å². The summed E-state index contributed by atoms with van der Waals surface area (Å²) in [4.78, 5) is 3.51. The first-order valence-corrected chi connectivity index (χ1v) is 6.63. The second-order valence-electron chi connectivity index (χ2n) is 3.71. The van der Waals surface area contributed by atoms with E-state index < -0.39 is 23.0 Å². The molecule has 0 spiro atoms. The third-order valence-electron chi connectivity index (χ3n) is 2.37. The maximum atomic E-state index is 13.1. The molecule has 0 fully saturated rings. The minimum Gasteiger partial charge on any atom is -0.320 e. The molecule has 102 valence electrons. The van der Waals surface area contributed by atoms with Crippen LogP contribution in [-0.2, 0) is 6.18 Å². The van der Waals surface area contributed by atoms with Gasteiger partial charge in [-0.25, -0.2) is 9.37 Å². The Morgan fingerprint density at radius 1 is 1.32 bits per heavy atom. The Balaban J connectivity index is 2.36. The number of hydrogen-bond acceptors (Lipinski definition) is 3. The van der Waals surface area contributed by atoms with Gasteiger partial charge in [0.25, 0.3) is 0 Å². The van der Waals surface area contributed by atoms with Crippen molar-refractivity contribution in [3.8, 4) is 0 Å². The summed E-state index contributed by atoms with van der Waals surface area (Å²) in [5, 5.41) is -0.967. The lowest BCUT2D eigenvalue weighted by atomic mass is 10.1. The van der Waals surface area contributed by atoms with Crippen LogP contribution in [0.25, 0.3) is 0 Å². The summed E-state index contributed by atoms with van der Waals surface area (Å²) in [6.07, 6.45) is -3.43. The largest absolute Gasteiger partial charge is 0.443 e. The van der Waals surface area contributed by atoms with Crippen LogP contribution in [0.2, 0.25) is 0 Å². The molecule has 2 rings (SSSR count). The summed E-state index contributed by atoms with van der Waals surface area (Å²) in [5.41, 5.74) is 6.22. The third-order valence-corrected chi connectivity index (χ3v) is 4.21. The number of aromatic nitrogens is 1. The molecule has 19 heavy (non-hydrogen) atoms. The van der Waals surface area contributed by atoms with Gasteiger partial charge in [-0.1, -0.05) is 15.9 Å². The van der Waals surface area contributed by atoms with Gasteiger partial charge in [0.2, 0.25) is 0 Å². The molecule has 1 unspecified atom stereocenters. The number of rotatable bonds is 2. The molecule has 8 heteroatoms. The normalized spacial score (nSPS) is 13.6. The van der Waals surface area contributed by atoms with Crippen LogP contribution in [0.15, 0.2) is 28.9 Å². The van der Waals surface area contributed by atoms with E-state index in [4.69, 9.17) is 5.73 Å². The number of nitrogens with two attached hydrogens (primary N) is 1. The molecule has 2 N–H and O–H groups in total. The molecule has 0 radical (unpaired) electrons. The second-order valence-corrected chi connectivity index (χ2v) is 5.63. The highest BCUT2D eigenvalue weighted by molar-refractivity contribution is 9.10. The second kappa shape index (κ2) is 5.18. The Kier molecular flexibility index (Phi) is 3.93. The highest BCUT2D eigenvalue weighted by Gasteiger charge is 2.35. The number of thiazole rings is 1. The molecule has 0 amide bonds. The van der Waals surface area contributed by atoms with E-state index in [1.807, 2.05) is 0 Å². The topological polar surface area (TPSA) is 38.9 Å². The van der Waals surface area contributed by atoms with Crippen LogP contribution in [0, 0.1) is 5.82 Å². The lowest BCUT2D eigenvalue weighted by Crippen LogP contribution is -2.11. The zero-order chi connectivity index (χ0) is 14.2. The molecule has 1 heterocycles. The Morgan fingerprint density at radius 2 is 2.00 bits per heavy atom. The van der Waals surface area contributed by atoms with Gasteiger partial charge in [0.1, 0.15) is 5.82 Å². The SMILES string of the molecule is NC(c1cnc(C(F)(F)F)s1)c1cc(F)ccc1Br. The fraction of sp³-hybridized carbons (Fsp3) is 0.182. The fourth-order valence-corrected chi connectivity index (χ4v) is 2.76. The summed E-state index contributed by atoms with van der Waals surface area (Å²) < 4.78 is 51.0. The van der Waals surface area contributed by atoms with Crippen LogP contribution < -0.4 is 5.73 Å². The highest BCUT2D eigenvalue weighted by atomic mass is 79.9. The molecule has 0 saturated carbocycles. The maximum absolute atomic E-state index is 13.1. The Bertz CT molecular complexity index is 597. The maximum Gasteiger partial charge on any atom is 0.443 e. The van der Waals surface area contributed by atoms with Gasteiger partial charge in [0, 0.05) is 15.5 Å². The first-order valence-electron chi connectivity index (χ1n) is 5.02. The molecule has 0 bridgehead atoms. The number of alkyl halides is 3. The van der Waals surface area contributed by atoms with E-state index in [0.29, 0.717) is 21.4 Å². The molecular weight excluding hydrogens is 348 g/mol. The van der Waals surface area contributed by atoms with Crippen molar-refractivity contribution < 1.29 is 17.6 Å². The number of halogens is 5. The van der Waals surface area contributed by atoms with Crippen molar-refractivity contribution in [2.75, 3.05) is 0 Å². The summed E-state index contributed by atoms with van der Waals surface area (Å²) in [7, 11) is 0. The van der Waals surface area contributed by atoms with E-state index >= 15 is 0 Å². The first-order chi connectivity index (χ1) is 8.79. The Hall–Kier alpha value is -0.990. The van der Waals surface area contributed by atoms with Gasteiger partial charge in [-0.3, -0.25) is 0 Å². The molecule has 0 aliphatic rings. The van der Waals surface area contributed by atoms with Crippen molar-refractivity contribution in [3.05, 3.63) is 50.1 Å². The predicted octanol–water partition coefficient (Wildman–Crippen LogP) is 4.11. The predicted molar refractivity (Wildman–Crippen MR) is 67.2 cm³/mol. The molecule has 1 aromatic heterocycles. The molecule has 1 atom stereocenters. The van der Waals surface area contributed by atoms with Gasteiger partial charge in [0.05, 0.1) is 6.04 Å². The van der Waals surface area contributed by atoms with Crippen molar-refractivity contribution in [3.63, 3.8) is 0 Å². The van der Waals surface area contributed by atoms with Crippen LogP contribution in [0.1, 0.15) is 21.5 Å². The molecule has 0 aliphatic heterocycles.